The fraction of sp³-hybridized carbons (Fsp3) is 0.727. The number of likely N-dealkylation sites (N-methyl/N-ethyl adjacent to an activating group) is 1. The largest absolute Gasteiger partial charge is 0.314 e. The monoisotopic (exact) mass is 297 g/mol. The molecule has 1 fully saturated rings. The van der Waals surface area contributed by atoms with E-state index < -0.39 is 0 Å². The van der Waals surface area contributed by atoms with Crippen LogP contribution in [0.3, 0.4) is 0 Å². The molecule has 3 nitrogen and oxygen atoms in total. The minimum atomic E-state index is 0. The number of hydrogen-bond acceptors (Lipinski definition) is 4. The van der Waals surface area contributed by atoms with Crippen LogP contribution in [0.15, 0.2) is 5.38 Å². The summed E-state index contributed by atoms with van der Waals surface area (Å²) < 4.78 is 0. The zero-order valence-corrected chi connectivity index (χ0v) is 12.9. The third-order valence-electron chi connectivity index (χ3n) is 2.86. The second-order valence-corrected chi connectivity index (χ2v) is 5.45. The van der Waals surface area contributed by atoms with Gasteiger partial charge in [-0.05, 0) is 7.05 Å². The molecular formula is C11H21Cl2N3S. The molecule has 1 aromatic heterocycles. The van der Waals surface area contributed by atoms with Crippen molar-refractivity contribution in [2.75, 3.05) is 20.1 Å². The number of rotatable bonds is 4. The molecule has 0 atom stereocenters. The topological polar surface area (TPSA) is 28.2 Å². The van der Waals surface area contributed by atoms with Crippen molar-refractivity contribution in [1.82, 2.24) is 15.2 Å². The van der Waals surface area contributed by atoms with E-state index in [4.69, 9.17) is 0 Å². The molecule has 6 heteroatoms. The van der Waals surface area contributed by atoms with Crippen LogP contribution in [0.2, 0.25) is 0 Å². The second kappa shape index (κ2) is 7.54. The van der Waals surface area contributed by atoms with Crippen LogP contribution in [-0.4, -0.2) is 36.1 Å². The Morgan fingerprint density at radius 2 is 2.12 bits per heavy atom. The van der Waals surface area contributed by atoms with Gasteiger partial charge in [-0.1, -0.05) is 13.8 Å². The van der Waals surface area contributed by atoms with Gasteiger partial charge in [0.25, 0.3) is 0 Å². The molecule has 0 bridgehead atoms. The maximum atomic E-state index is 4.65. The van der Waals surface area contributed by atoms with Crippen LogP contribution in [-0.2, 0) is 6.54 Å². The summed E-state index contributed by atoms with van der Waals surface area (Å²) in [5.74, 6) is 0.555. The molecule has 0 radical (unpaired) electrons. The van der Waals surface area contributed by atoms with Gasteiger partial charge in [0.15, 0.2) is 0 Å². The molecule has 1 N–H and O–H groups in total. The van der Waals surface area contributed by atoms with Gasteiger partial charge in [0, 0.05) is 37.0 Å². The SMILES string of the molecule is CC(C)c1nc(CN(C)C2CNC2)cs1.Cl.Cl. The molecule has 1 saturated heterocycles. The smallest absolute Gasteiger partial charge is 0.0954 e. The summed E-state index contributed by atoms with van der Waals surface area (Å²) in [6, 6.07) is 0.703. The molecular weight excluding hydrogens is 277 g/mol. The summed E-state index contributed by atoms with van der Waals surface area (Å²) in [4.78, 5) is 7.03. The molecule has 0 aliphatic carbocycles. The van der Waals surface area contributed by atoms with Crippen molar-refractivity contribution >= 4 is 36.2 Å². The van der Waals surface area contributed by atoms with Crippen molar-refractivity contribution in [2.24, 2.45) is 0 Å². The van der Waals surface area contributed by atoms with E-state index in [0.29, 0.717) is 12.0 Å². The van der Waals surface area contributed by atoms with E-state index in [2.05, 4.69) is 41.5 Å². The van der Waals surface area contributed by atoms with E-state index in [0.717, 1.165) is 19.6 Å². The Labute approximate surface area is 120 Å². The average Bonchev–Trinajstić information content (AvgIpc) is 2.48. The lowest BCUT2D eigenvalue weighted by molar-refractivity contribution is 0.171. The van der Waals surface area contributed by atoms with Gasteiger partial charge in [-0.25, -0.2) is 4.98 Å². The molecule has 0 unspecified atom stereocenters. The molecule has 2 rings (SSSR count). The van der Waals surface area contributed by atoms with Crippen LogP contribution in [0, 0.1) is 0 Å². The van der Waals surface area contributed by atoms with E-state index in [-0.39, 0.29) is 24.8 Å². The van der Waals surface area contributed by atoms with E-state index in [1.54, 1.807) is 11.3 Å². The minimum Gasteiger partial charge on any atom is -0.314 e. The Balaban J connectivity index is 0.00000128. The van der Waals surface area contributed by atoms with E-state index >= 15 is 0 Å². The summed E-state index contributed by atoms with van der Waals surface area (Å²) in [7, 11) is 2.18. The summed E-state index contributed by atoms with van der Waals surface area (Å²) in [6.07, 6.45) is 0. The summed E-state index contributed by atoms with van der Waals surface area (Å²) in [5.41, 5.74) is 1.22. The first kappa shape index (κ1) is 17.1. The predicted octanol–water partition coefficient (Wildman–Crippen LogP) is 2.51. The number of aromatic nitrogens is 1. The normalized spacial score (nSPS) is 15.4. The van der Waals surface area contributed by atoms with Gasteiger partial charge < -0.3 is 5.32 Å². The third-order valence-corrected chi connectivity index (χ3v) is 4.05. The van der Waals surface area contributed by atoms with Crippen LogP contribution >= 0.6 is 36.2 Å². The third kappa shape index (κ3) is 4.38. The first-order valence-corrected chi connectivity index (χ1v) is 6.40. The highest BCUT2D eigenvalue weighted by Crippen LogP contribution is 2.20. The molecule has 2 heterocycles. The van der Waals surface area contributed by atoms with E-state index in [9.17, 15) is 0 Å². The predicted molar refractivity (Wildman–Crippen MR) is 78.8 cm³/mol. The van der Waals surface area contributed by atoms with Crippen LogP contribution < -0.4 is 5.32 Å². The van der Waals surface area contributed by atoms with E-state index in [1.807, 2.05) is 0 Å². The highest BCUT2D eigenvalue weighted by Gasteiger charge is 2.21. The Bertz CT molecular complexity index is 326. The summed E-state index contributed by atoms with van der Waals surface area (Å²) in [5, 5.41) is 6.74. The van der Waals surface area contributed by atoms with Gasteiger partial charge in [0.1, 0.15) is 0 Å². The fourth-order valence-corrected chi connectivity index (χ4v) is 2.46. The molecule has 1 aliphatic rings. The molecule has 1 aliphatic heterocycles. The highest BCUT2D eigenvalue weighted by atomic mass is 35.5. The Morgan fingerprint density at radius 3 is 2.53 bits per heavy atom. The highest BCUT2D eigenvalue weighted by molar-refractivity contribution is 7.09. The Morgan fingerprint density at radius 1 is 1.47 bits per heavy atom. The zero-order chi connectivity index (χ0) is 10.8. The summed E-state index contributed by atoms with van der Waals surface area (Å²) in [6.45, 7) is 7.62. The standard InChI is InChI=1S/C11H19N3S.2ClH/c1-8(2)11-13-9(7-15-11)6-14(3)10-4-12-5-10;;/h7-8,10,12H,4-6H2,1-3H3;2*1H. The molecule has 0 saturated carbocycles. The van der Waals surface area contributed by atoms with Crippen molar-refractivity contribution in [2.45, 2.75) is 32.4 Å². The van der Waals surface area contributed by atoms with Gasteiger partial charge in [-0.3, -0.25) is 4.90 Å². The molecule has 1 aromatic rings. The Kier molecular flexibility index (Phi) is 7.60. The lowest BCUT2D eigenvalue weighted by Crippen LogP contribution is -2.55. The fourth-order valence-electron chi connectivity index (χ4n) is 1.63. The number of nitrogens with one attached hydrogen (secondary N) is 1. The average molecular weight is 298 g/mol. The van der Waals surface area contributed by atoms with Crippen LogP contribution in [0.1, 0.15) is 30.5 Å². The van der Waals surface area contributed by atoms with Gasteiger partial charge in [-0.2, -0.15) is 0 Å². The minimum absolute atomic E-state index is 0. The van der Waals surface area contributed by atoms with Crippen LogP contribution in [0.5, 0.6) is 0 Å². The lowest BCUT2D eigenvalue weighted by Gasteiger charge is -2.35. The first-order chi connectivity index (χ1) is 7.16. The molecule has 0 amide bonds. The van der Waals surface area contributed by atoms with Crippen molar-refractivity contribution < 1.29 is 0 Å². The Hall–Kier alpha value is 0.130. The zero-order valence-electron chi connectivity index (χ0n) is 10.5. The van der Waals surface area contributed by atoms with Gasteiger partial charge >= 0.3 is 0 Å². The quantitative estimate of drug-likeness (QED) is 0.926. The van der Waals surface area contributed by atoms with E-state index in [1.165, 1.54) is 10.7 Å². The maximum Gasteiger partial charge on any atom is 0.0954 e. The van der Waals surface area contributed by atoms with Crippen LogP contribution in [0.25, 0.3) is 0 Å². The van der Waals surface area contributed by atoms with Crippen molar-refractivity contribution in [1.29, 1.82) is 0 Å². The number of halogens is 2. The molecule has 100 valence electrons. The van der Waals surface area contributed by atoms with Crippen LogP contribution in [0.4, 0.5) is 0 Å². The second-order valence-electron chi connectivity index (χ2n) is 4.56. The lowest BCUT2D eigenvalue weighted by atomic mass is 10.1. The van der Waals surface area contributed by atoms with Gasteiger partial charge in [-0.15, -0.1) is 36.2 Å². The summed E-state index contributed by atoms with van der Waals surface area (Å²) >= 11 is 1.78. The van der Waals surface area contributed by atoms with Gasteiger partial charge in [0.05, 0.1) is 10.7 Å². The number of hydrogen-bond donors (Lipinski definition) is 1. The number of nitrogens with zero attached hydrogens (tertiary/aromatic N) is 2. The first-order valence-electron chi connectivity index (χ1n) is 5.52. The maximum absolute atomic E-state index is 4.65. The molecule has 0 aromatic carbocycles. The molecule has 17 heavy (non-hydrogen) atoms. The molecule has 0 spiro atoms. The number of thiazole rings is 1. The van der Waals surface area contributed by atoms with Gasteiger partial charge in [0.2, 0.25) is 0 Å². The van der Waals surface area contributed by atoms with Crippen molar-refractivity contribution in [3.8, 4) is 0 Å². The van der Waals surface area contributed by atoms with Crippen molar-refractivity contribution in [3.63, 3.8) is 0 Å². The van der Waals surface area contributed by atoms with Crippen molar-refractivity contribution in [3.05, 3.63) is 16.1 Å².